The fourth-order valence-corrected chi connectivity index (χ4v) is 1.77. The molecular formula is C15H10N2O4. The zero-order chi connectivity index (χ0) is 15.4. The number of nitro groups is 1. The summed E-state index contributed by atoms with van der Waals surface area (Å²) >= 11 is 0. The lowest BCUT2D eigenvalue weighted by atomic mass is 10.1. The fourth-order valence-electron chi connectivity index (χ4n) is 1.77. The number of hydrogen-bond donors (Lipinski definition) is 2. The van der Waals surface area contributed by atoms with Crippen LogP contribution >= 0.6 is 0 Å². The fraction of sp³-hybridized carbons (Fsp3) is 0. The van der Waals surface area contributed by atoms with Crippen LogP contribution in [0.2, 0.25) is 0 Å². The maximum atomic E-state index is 11.0. The van der Waals surface area contributed by atoms with Crippen LogP contribution in [0.5, 0.6) is 0 Å². The summed E-state index contributed by atoms with van der Waals surface area (Å²) < 4.78 is 0. The number of aromatic carboxylic acids is 1. The lowest BCUT2D eigenvalue weighted by Crippen LogP contribution is -2.02. The number of hydrogen-bond acceptors (Lipinski definition) is 4. The molecule has 0 aromatic heterocycles. The summed E-state index contributed by atoms with van der Waals surface area (Å²) in [7, 11) is 0. The summed E-state index contributed by atoms with van der Waals surface area (Å²) in [6.07, 6.45) is 5.29. The summed E-state index contributed by atoms with van der Waals surface area (Å²) in [4.78, 5) is 21.4. The zero-order valence-electron chi connectivity index (χ0n) is 10.7. The molecule has 0 aliphatic heterocycles. The van der Waals surface area contributed by atoms with Gasteiger partial charge in [0, 0.05) is 17.3 Å². The van der Waals surface area contributed by atoms with Gasteiger partial charge in [-0.1, -0.05) is 12.0 Å². The number of nitro benzene ring substituents is 1. The SMILES string of the molecule is C#Cc1cccc(Nc2cc(C(=O)O)ccc2[N+](=O)[O-])c1. The number of nitrogens with one attached hydrogen (secondary N) is 1. The van der Waals surface area contributed by atoms with Crippen LogP contribution in [0.4, 0.5) is 17.1 Å². The zero-order valence-corrected chi connectivity index (χ0v) is 10.7. The molecule has 0 amide bonds. The van der Waals surface area contributed by atoms with Crippen LogP contribution in [0.25, 0.3) is 0 Å². The van der Waals surface area contributed by atoms with E-state index in [9.17, 15) is 14.9 Å². The highest BCUT2D eigenvalue weighted by molar-refractivity contribution is 5.90. The molecular weight excluding hydrogens is 272 g/mol. The Balaban J connectivity index is 2.45. The van der Waals surface area contributed by atoms with Crippen molar-refractivity contribution in [1.82, 2.24) is 0 Å². The van der Waals surface area contributed by atoms with Gasteiger partial charge in [-0.15, -0.1) is 6.42 Å². The highest BCUT2D eigenvalue weighted by Gasteiger charge is 2.16. The number of carboxylic acids is 1. The second-order valence-corrected chi connectivity index (χ2v) is 4.14. The summed E-state index contributed by atoms with van der Waals surface area (Å²) in [5.41, 5.74) is 0.976. The lowest BCUT2D eigenvalue weighted by Gasteiger charge is -2.08. The van der Waals surface area contributed by atoms with E-state index in [0.717, 1.165) is 6.07 Å². The van der Waals surface area contributed by atoms with Crippen LogP contribution in [-0.4, -0.2) is 16.0 Å². The maximum Gasteiger partial charge on any atom is 0.335 e. The van der Waals surface area contributed by atoms with Crippen molar-refractivity contribution in [2.24, 2.45) is 0 Å². The van der Waals surface area contributed by atoms with Gasteiger partial charge in [0.05, 0.1) is 10.5 Å². The maximum absolute atomic E-state index is 11.0. The van der Waals surface area contributed by atoms with Crippen molar-refractivity contribution >= 4 is 23.0 Å². The third kappa shape index (κ3) is 3.16. The standard InChI is InChI=1S/C15H10N2O4/c1-2-10-4-3-5-12(8-10)16-13-9-11(15(18)19)6-7-14(13)17(20)21/h1,3-9,16H,(H,18,19). The number of carboxylic acid groups (broad SMARTS) is 1. The molecule has 6 heteroatoms. The molecule has 0 aliphatic rings. The monoisotopic (exact) mass is 282 g/mol. The molecule has 0 saturated heterocycles. The van der Waals surface area contributed by atoms with Gasteiger partial charge in [-0.3, -0.25) is 10.1 Å². The van der Waals surface area contributed by atoms with Crippen LogP contribution in [0.1, 0.15) is 15.9 Å². The van der Waals surface area contributed by atoms with E-state index in [1.807, 2.05) is 0 Å². The van der Waals surface area contributed by atoms with E-state index >= 15 is 0 Å². The third-order valence-corrected chi connectivity index (χ3v) is 2.75. The molecule has 2 aromatic rings. The number of rotatable bonds is 4. The molecule has 0 atom stereocenters. The summed E-state index contributed by atoms with van der Waals surface area (Å²) in [6, 6.07) is 10.3. The minimum atomic E-state index is -1.16. The van der Waals surface area contributed by atoms with Gasteiger partial charge < -0.3 is 10.4 Å². The smallest absolute Gasteiger partial charge is 0.335 e. The van der Waals surface area contributed by atoms with Gasteiger partial charge in [-0.2, -0.15) is 0 Å². The average molecular weight is 282 g/mol. The van der Waals surface area contributed by atoms with E-state index in [0.29, 0.717) is 11.3 Å². The van der Waals surface area contributed by atoms with E-state index in [1.165, 1.54) is 12.1 Å². The quantitative estimate of drug-likeness (QED) is 0.511. The Morgan fingerprint density at radius 3 is 2.67 bits per heavy atom. The van der Waals surface area contributed by atoms with Crippen molar-refractivity contribution in [2.75, 3.05) is 5.32 Å². The second kappa shape index (κ2) is 5.75. The molecule has 0 heterocycles. The minimum absolute atomic E-state index is 0.0452. The van der Waals surface area contributed by atoms with E-state index < -0.39 is 10.9 Å². The van der Waals surface area contributed by atoms with Crippen molar-refractivity contribution in [3.63, 3.8) is 0 Å². The molecule has 104 valence electrons. The molecule has 21 heavy (non-hydrogen) atoms. The first kappa shape index (κ1) is 14.1. The van der Waals surface area contributed by atoms with Gasteiger partial charge in [0.25, 0.3) is 5.69 Å². The molecule has 0 unspecified atom stereocenters. The Morgan fingerprint density at radius 2 is 2.05 bits per heavy atom. The number of anilines is 2. The topological polar surface area (TPSA) is 92.5 Å². The molecule has 0 bridgehead atoms. The van der Waals surface area contributed by atoms with Crippen LogP contribution in [0, 0.1) is 22.5 Å². The Bertz CT molecular complexity index is 763. The molecule has 0 saturated carbocycles. The van der Waals surface area contributed by atoms with Gasteiger partial charge in [0.1, 0.15) is 5.69 Å². The van der Waals surface area contributed by atoms with E-state index in [-0.39, 0.29) is 16.9 Å². The highest BCUT2D eigenvalue weighted by atomic mass is 16.6. The molecule has 2 rings (SSSR count). The molecule has 6 nitrogen and oxygen atoms in total. The third-order valence-electron chi connectivity index (χ3n) is 2.75. The van der Waals surface area contributed by atoms with Crippen LogP contribution < -0.4 is 5.32 Å². The van der Waals surface area contributed by atoms with E-state index in [1.54, 1.807) is 24.3 Å². The van der Waals surface area contributed by atoms with Crippen molar-refractivity contribution in [3.05, 3.63) is 63.7 Å². The van der Waals surface area contributed by atoms with Crippen molar-refractivity contribution < 1.29 is 14.8 Å². The first-order chi connectivity index (χ1) is 10.0. The summed E-state index contributed by atoms with van der Waals surface area (Å²) in [6.45, 7) is 0. The van der Waals surface area contributed by atoms with Crippen LogP contribution in [0.3, 0.4) is 0 Å². The van der Waals surface area contributed by atoms with Gasteiger partial charge in [0.2, 0.25) is 0 Å². The number of terminal acetylenes is 1. The predicted octanol–water partition coefficient (Wildman–Crippen LogP) is 3.02. The molecule has 0 radical (unpaired) electrons. The Labute approximate surface area is 120 Å². The van der Waals surface area contributed by atoms with Gasteiger partial charge in [0.15, 0.2) is 0 Å². The molecule has 2 aromatic carbocycles. The van der Waals surface area contributed by atoms with Crippen molar-refractivity contribution in [1.29, 1.82) is 0 Å². The number of carbonyl (C=O) groups is 1. The highest BCUT2D eigenvalue weighted by Crippen LogP contribution is 2.29. The Morgan fingerprint density at radius 1 is 1.29 bits per heavy atom. The van der Waals surface area contributed by atoms with Crippen molar-refractivity contribution in [2.45, 2.75) is 0 Å². The van der Waals surface area contributed by atoms with Crippen LogP contribution in [-0.2, 0) is 0 Å². The first-order valence-electron chi connectivity index (χ1n) is 5.86. The van der Waals surface area contributed by atoms with E-state index in [4.69, 9.17) is 11.5 Å². The predicted molar refractivity (Wildman–Crippen MR) is 77.7 cm³/mol. The summed E-state index contributed by atoms with van der Waals surface area (Å²) in [5.74, 6) is 1.29. The Kier molecular flexibility index (Phi) is 3.86. The molecule has 0 spiro atoms. The second-order valence-electron chi connectivity index (χ2n) is 4.14. The normalized spacial score (nSPS) is 9.67. The van der Waals surface area contributed by atoms with E-state index in [2.05, 4.69) is 11.2 Å². The lowest BCUT2D eigenvalue weighted by molar-refractivity contribution is -0.383. The van der Waals surface area contributed by atoms with Crippen LogP contribution in [0.15, 0.2) is 42.5 Å². The minimum Gasteiger partial charge on any atom is -0.478 e. The van der Waals surface area contributed by atoms with Gasteiger partial charge in [-0.05, 0) is 30.3 Å². The summed E-state index contributed by atoms with van der Waals surface area (Å²) in [5, 5.41) is 22.8. The van der Waals surface area contributed by atoms with Crippen molar-refractivity contribution in [3.8, 4) is 12.3 Å². The number of benzene rings is 2. The molecule has 0 aliphatic carbocycles. The number of nitrogens with zero attached hydrogens (tertiary/aromatic N) is 1. The van der Waals surface area contributed by atoms with Gasteiger partial charge in [-0.25, -0.2) is 4.79 Å². The average Bonchev–Trinajstić information content (AvgIpc) is 2.47. The van der Waals surface area contributed by atoms with Gasteiger partial charge >= 0.3 is 5.97 Å². The Hall–Kier alpha value is -3.33. The molecule has 2 N–H and O–H groups in total. The first-order valence-corrected chi connectivity index (χ1v) is 5.86. The molecule has 0 fully saturated rings. The largest absolute Gasteiger partial charge is 0.478 e.